The maximum atomic E-state index is 13.0. The second-order valence-corrected chi connectivity index (χ2v) is 9.73. The van der Waals surface area contributed by atoms with Gasteiger partial charge in [0, 0.05) is 31.2 Å². The molecular weight excluding hydrogens is 390 g/mol. The highest BCUT2D eigenvalue weighted by Crippen LogP contribution is 2.27. The first-order valence-electron chi connectivity index (χ1n) is 9.95. The zero-order chi connectivity index (χ0) is 20.4. The number of hydrogen-bond acceptors (Lipinski definition) is 5. The first kappa shape index (κ1) is 19.8. The number of aromatic nitrogens is 1. The number of sulfonamides is 1. The van der Waals surface area contributed by atoms with E-state index in [0.29, 0.717) is 25.2 Å². The van der Waals surface area contributed by atoms with E-state index in [0.717, 1.165) is 30.2 Å². The second-order valence-electron chi connectivity index (χ2n) is 7.64. The van der Waals surface area contributed by atoms with Crippen molar-refractivity contribution in [2.24, 2.45) is 5.92 Å². The number of carbonyl (C=O) groups is 1. The van der Waals surface area contributed by atoms with Crippen molar-refractivity contribution in [2.45, 2.75) is 31.4 Å². The summed E-state index contributed by atoms with van der Waals surface area (Å²) in [6.45, 7) is 3.44. The number of nitrogens with one attached hydrogen (secondary N) is 1. The molecule has 4 rings (SSSR count). The van der Waals surface area contributed by atoms with Crippen LogP contribution in [0, 0.1) is 5.92 Å². The van der Waals surface area contributed by atoms with Crippen LogP contribution in [0.2, 0.25) is 0 Å². The molecule has 0 saturated carbocycles. The Balaban J connectivity index is 1.39. The van der Waals surface area contributed by atoms with E-state index in [9.17, 15) is 13.2 Å². The SMILES string of the molecule is CC1C=C(CNC(=O)c2cc3ccncc3o2)C=CC1S(=O)(=O)N1CCCCC1. The fraction of sp³-hybridized carbons (Fsp3) is 0.429. The zero-order valence-corrected chi connectivity index (χ0v) is 17.2. The Bertz CT molecular complexity index is 1030. The number of hydrogen-bond donors (Lipinski definition) is 1. The molecule has 0 radical (unpaired) electrons. The maximum Gasteiger partial charge on any atom is 0.287 e. The number of carbonyl (C=O) groups excluding carboxylic acids is 1. The molecule has 2 atom stereocenters. The highest BCUT2D eigenvalue weighted by atomic mass is 32.2. The molecule has 2 aromatic rings. The summed E-state index contributed by atoms with van der Waals surface area (Å²) in [6.07, 6.45) is 11.6. The number of piperidine rings is 1. The van der Waals surface area contributed by atoms with Crippen molar-refractivity contribution in [3.8, 4) is 0 Å². The van der Waals surface area contributed by atoms with Crippen LogP contribution in [-0.2, 0) is 10.0 Å². The van der Waals surface area contributed by atoms with Crippen LogP contribution in [0.15, 0.2) is 52.7 Å². The number of nitrogens with zero attached hydrogens (tertiary/aromatic N) is 2. The highest BCUT2D eigenvalue weighted by Gasteiger charge is 2.35. The van der Waals surface area contributed by atoms with Crippen LogP contribution in [0.25, 0.3) is 11.0 Å². The smallest absolute Gasteiger partial charge is 0.287 e. The molecule has 1 fully saturated rings. The summed E-state index contributed by atoms with van der Waals surface area (Å²) in [6, 6.07) is 3.47. The minimum atomic E-state index is -3.35. The molecular formula is C21H25N3O4S. The Morgan fingerprint density at radius 2 is 2.10 bits per heavy atom. The molecule has 1 aliphatic carbocycles. The van der Waals surface area contributed by atoms with Gasteiger partial charge in [0.05, 0.1) is 11.4 Å². The van der Waals surface area contributed by atoms with Crippen LogP contribution < -0.4 is 5.32 Å². The van der Waals surface area contributed by atoms with Crippen molar-refractivity contribution in [2.75, 3.05) is 19.6 Å². The van der Waals surface area contributed by atoms with Crippen molar-refractivity contribution in [1.29, 1.82) is 0 Å². The van der Waals surface area contributed by atoms with Crippen molar-refractivity contribution in [1.82, 2.24) is 14.6 Å². The lowest BCUT2D eigenvalue weighted by Crippen LogP contribution is -2.43. The standard InChI is InChI=1S/C21H25N3O4S/c1-15-11-16(5-6-20(15)29(26,27)24-9-3-2-4-10-24)13-23-21(25)18-12-17-7-8-22-14-19(17)28-18/h5-8,11-12,14-15,20H,2-4,9-10,13H2,1H3,(H,23,25). The van der Waals surface area contributed by atoms with E-state index in [-0.39, 0.29) is 17.6 Å². The molecule has 1 amide bonds. The molecule has 0 bridgehead atoms. The summed E-state index contributed by atoms with van der Waals surface area (Å²) in [5.41, 5.74) is 1.45. The topological polar surface area (TPSA) is 92.5 Å². The van der Waals surface area contributed by atoms with E-state index >= 15 is 0 Å². The van der Waals surface area contributed by atoms with Gasteiger partial charge in [0.25, 0.3) is 5.91 Å². The number of allylic oxidation sites excluding steroid dienone is 1. The third-order valence-electron chi connectivity index (χ3n) is 5.51. The van der Waals surface area contributed by atoms with Crippen molar-refractivity contribution < 1.29 is 17.6 Å². The quantitative estimate of drug-likeness (QED) is 0.811. The van der Waals surface area contributed by atoms with Crippen LogP contribution in [0.4, 0.5) is 0 Å². The van der Waals surface area contributed by atoms with E-state index in [4.69, 9.17) is 4.42 Å². The molecule has 154 valence electrons. The van der Waals surface area contributed by atoms with Crippen molar-refractivity contribution in [3.63, 3.8) is 0 Å². The molecule has 3 heterocycles. The van der Waals surface area contributed by atoms with E-state index in [1.165, 1.54) is 0 Å². The average Bonchev–Trinajstić information content (AvgIpc) is 3.17. The number of fused-ring (bicyclic) bond motifs is 1. The van der Waals surface area contributed by atoms with Gasteiger partial charge < -0.3 is 9.73 Å². The third-order valence-corrected chi connectivity index (χ3v) is 7.87. The fourth-order valence-electron chi connectivity index (χ4n) is 3.93. The first-order valence-corrected chi connectivity index (χ1v) is 11.4. The van der Waals surface area contributed by atoms with Crippen LogP contribution in [0.1, 0.15) is 36.7 Å². The van der Waals surface area contributed by atoms with Gasteiger partial charge in [0.15, 0.2) is 11.3 Å². The van der Waals surface area contributed by atoms with E-state index in [1.807, 2.05) is 13.0 Å². The van der Waals surface area contributed by atoms with Crippen LogP contribution in [0.3, 0.4) is 0 Å². The fourth-order valence-corrected chi connectivity index (χ4v) is 5.94. The summed E-state index contributed by atoms with van der Waals surface area (Å²) >= 11 is 0. The van der Waals surface area contributed by atoms with Gasteiger partial charge in [0.1, 0.15) is 0 Å². The summed E-state index contributed by atoms with van der Waals surface area (Å²) < 4.78 is 33.1. The Labute approximate surface area is 170 Å². The summed E-state index contributed by atoms with van der Waals surface area (Å²) in [5.74, 6) is -0.241. The molecule has 1 aliphatic heterocycles. The zero-order valence-electron chi connectivity index (χ0n) is 16.4. The van der Waals surface area contributed by atoms with Gasteiger partial charge in [-0.05, 0) is 36.5 Å². The number of pyridine rings is 1. The number of furan rings is 1. The molecule has 1 saturated heterocycles. The highest BCUT2D eigenvalue weighted by molar-refractivity contribution is 7.89. The van der Waals surface area contributed by atoms with E-state index in [2.05, 4.69) is 10.3 Å². The average molecular weight is 416 g/mol. The molecule has 2 aromatic heterocycles. The molecule has 2 unspecified atom stereocenters. The molecule has 8 heteroatoms. The Kier molecular flexibility index (Phi) is 5.56. The van der Waals surface area contributed by atoms with Gasteiger partial charge in [-0.1, -0.05) is 31.6 Å². The Morgan fingerprint density at radius 3 is 2.83 bits per heavy atom. The number of amides is 1. The Morgan fingerprint density at radius 1 is 1.31 bits per heavy atom. The van der Waals surface area contributed by atoms with Gasteiger partial charge in [-0.15, -0.1) is 0 Å². The van der Waals surface area contributed by atoms with E-state index in [1.54, 1.807) is 41.0 Å². The largest absolute Gasteiger partial charge is 0.449 e. The summed E-state index contributed by atoms with van der Waals surface area (Å²) in [4.78, 5) is 16.4. The third kappa shape index (κ3) is 4.13. The molecule has 2 aliphatic rings. The lowest BCUT2D eigenvalue weighted by molar-refractivity contribution is 0.0931. The minimum absolute atomic E-state index is 0.156. The minimum Gasteiger partial charge on any atom is -0.449 e. The van der Waals surface area contributed by atoms with E-state index < -0.39 is 15.3 Å². The van der Waals surface area contributed by atoms with Crippen LogP contribution in [0.5, 0.6) is 0 Å². The van der Waals surface area contributed by atoms with Gasteiger partial charge in [-0.25, -0.2) is 12.7 Å². The normalized spacial score (nSPS) is 23.1. The lowest BCUT2D eigenvalue weighted by atomic mass is 9.97. The van der Waals surface area contributed by atoms with Gasteiger partial charge in [-0.3, -0.25) is 9.78 Å². The van der Waals surface area contributed by atoms with Crippen molar-refractivity contribution >= 4 is 26.9 Å². The molecule has 1 N–H and O–H groups in total. The predicted octanol–water partition coefficient (Wildman–Crippen LogP) is 2.87. The van der Waals surface area contributed by atoms with Gasteiger partial charge in [-0.2, -0.15) is 0 Å². The van der Waals surface area contributed by atoms with Crippen LogP contribution >= 0.6 is 0 Å². The predicted molar refractivity (Wildman–Crippen MR) is 111 cm³/mol. The Hall–Kier alpha value is -2.45. The first-order chi connectivity index (χ1) is 13.9. The monoisotopic (exact) mass is 415 g/mol. The summed E-state index contributed by atoms with van der Waals surface area (Å²) in [5, 5.41) is 3.10. The molecule has 7 nitrogen and oxygen atoms in total. The van der Waals surface area contributed by atoms with Crippen molar-refractivity contribution in [3.05, 3.63) is 54.1 Å². The maximum absolute atomic E-state index is 13.0. The second kappa shape index (κ2) is 8.12. The summed E-state index contributed by atoms with van der Waals surface area (Å²) in [7, 11) is -3.35. The lowest BCUT2D eigenvalue weighted by Gasteiger charge is -2.32. The van der Waals surface area contributed by atoms with Crippen LogP contribution in [-0.4, -0.2) is 48.5 Å². The van der Waals surface area contributed by atoms with Gasteiger partial charge in [0.2, 0.25) is 10.0 Å². The molecule has 0 spiro atoms. The number of rotatable bonds is 5. The van der Waals surface area contributed by atoms with Gasteiger partial charge >= 0.3 is 0 Å². The molecule has 0 aromatic carbocycles. The molecule has 29 heavy (non-hydrogen) atoms.